The molecule has 0 aliphatic heterocycles. The molecule has 2 nitrogen and oxygen atoms in total. The fourth-order valence-corrected chi connectivity index (χ4v) is 6.11. The van der Waals surface area contributed by atoms with Gasteiger partial charge in [-0.2, -0.15) is 0 Å². The number of benzene rings is 4. The standard InChI is InChI=1S/C24H24N.C18H14N.Ir/c1-23(2,3)16-13-14-25-21(15-16)19-11-8-10-18-17-9-6-7-12-20(17)24(4,5)22(18)19;1-14-10-11-19-18(12-14)17-9-5-8-16(13-17)15-6-3-2-4-7-15;/h6-10,12-15H,1-5H3;2-8,10-13H,1H3;/q2*-1;. The summed E-state index contributed by atoms with van der Waals surface area (Å²) in [7, 11) is 0. The van der Waals surface area contributed by atoms with Gasteiger partial charge in [-0.25, -0.2) is 0 Å². The third-order valence-electron chi connectivity index (χ3n) is 8.49. The van der Waals surface area contributed by atoms with Crippen molar-refractivity contribution in [2.45, 2.75) is 52.4 Å². The summed E-state index contributed by atoms with van der Waals surface area (Å²) in [6.45, 7) is 13.4. The molecule has 7 rings (SSSR count). The van der Waals surface area contributed by atoms with Crippen LogP contribution in [-0.2, 0) is 30.9 Å². The van der Waals surface area contributed by atoms with Crippen molar-refractivity contribution >= 4 is 0 Å². The van der Waals surface area contributed by atoms with Gasteiger partial charge >= 0.3 is 0 Å². The van der Waals surface area contributed by atoms with E-state index in [0.717, 1.165) is 22.5 Å². The molecule has 6 aromatic rings. The van der Waals surface area contributed by atoms with E-state index in [-0.39, 0.29) is 30.9 Å². The summed E-state index contributed by atoms with van der Waals surface area (Å²) in [6.07, 6.45) is 3.77. The maximum atomic E-state index is 4.70. The molecule has 45 heavy (non-hydrogen) atoms. The number of nitrogens with zero attached hydrogens (tertiary/aromatic N) is 2. The van der Waals surface area contributed by atoms with Gasteiger partial charge in [-0.3, -0.25) is 0 Å². The van der Waals surface area contributed by atoms with E-state index < -0.39 is 0 Å². The van der Waals surface area contributed by atoms with Crippen molar-refractivity contribution in [3.05, 3.63) is 156 Å². The summed E-state index contributed by atoms with van der Waals surface area (Å²) in [4.78, 5) is 9.11. The minimum absolute atomic E-state index is 0. The monoisotopic (exact) mass is 763 g/mol. The minimum atomic E-state index is -0.0432. The Hall–Kier alpha value is -4.17. The first-order valence-corrected chi connectivity index (χ1v) is 15.2. The molecular formula is C42H38IrN2-2. The van der Waals surface area contributed by atoms with Crippen LogP contribution in [0.25, 0.3) is 44.8 Å². The number of aromatic nitrogens is 2. The maximum Gasteiger partial charge on any atom is 0.0163 e. The largest absolute Gasteiger partial charge is 0.305 e. The van der Waals surface area contributed by atoms with Crippen molar-refractivity contribution in [3.63, 3.8) is 0 Å². The maximum absolute atomic E-state index is 4.70. The number of aryl methyl sites for hydroxylation is 1. The molecule has 1 aliphatic carbocycles. The number of rotatable bonds is 3. The summed E-state index contributed by atoms with van der Waals surface area (Å²) in [5.41, 5.74) is 14.5. The van der Waals surface area contributed by atoms with E-state index in [2.05, 4.69) is 144 Å². The Labute approximate surface area is 282 Å². The minimum Gasteiger partial charge on any atom is -0.305 e. The molecule has 2 aromatic heterocycles. The van der Waals surface area contributed by atoms with Crippen LogP contribution in [0.15, 0.2) is 122 Å². The van der Waals surface area contributed by atoms with Crippen LogP contribution < -0.4 is 0 Å². The van der Waals surface area contributed by atoms with Crippen LogP contribution in [0, 0.1) is 19.1 Å². The second kappa shape index (κ2) is 13.1. The van der Waals surface area contributed by atoms with Crippen LogP contribution in [0.1, 0.15) is 56.9 Å². The van der Waals surface area contributed by atoms with E-state index in [4.69, 9.17) is 4.98 Å². The Kier molecular flexibility index (Phi) is 9.35. The average Bonchev–Trinajstić information content (AvgIpc) is 3.28. The van der Waals surface area contributed by atoms with Gasteiger partial charge < -0.3 is 9.97 Å². The molecule has 0 atom stereocenters. The number of pyridine rings is 2. The molecule has 2 heterocycles. The van der Waals surface area contributed by atoms with Crippen molar-refractivity contribution < 1.29 is 20.1 Å². The summed E-state index contributed by atoms with van der Waals surface area (Å²) < 4.78 is 0. The first-order chi connectivity index (χ1) is 21.1. The Morgan fingerprint density at radius 3 is 2.09 bits per heavy atom. The Morgan fingerprint density at radius 2 is 1.33 bits per heavy atom. The molecule has 0 amide bonds. The summed E-state index contributed by atoms with van der Waals surface area (Å²) in [5.74, 6) is 0. The van der Waals surface area contributed by atoms with Crippen LogP contribution >= 0.6 is 0 Å². The van der Waals surface area contributed by atoms with Crippen molar-refractivity contribution in [2.24, 2.45) is 0 Å². The van der Waals surface area contributed by atoms with E-state index in [0.29, 0.717) is 0 Å². The van der Waals surface area contributed by atoms with Crippen molar-refractivity contribution in [2.75, 3.05) is 0 Å². The van der Waals surface area contributed by atoms with Crippen molar-refractivity contribution in [1.82, 2.24) is 9.97 Å². The predicted octanol–water partition coefficient (Wildman–Crippen LogP) is 10.7. The van der Waals surface area contributed by atoms with E-state index in [1.807, 2.05) is 36.7 Å². The van der Waals surface area contributed by atoms with Gasteiger partial charge in [-0.15, -0.1) is 64.7 Å². The van der Waals surface area contributed by atoms with Crippen LogP contribution in [0.4, 0.5) is 0 Å². The Balaban J connectivity index is 0.000000180. The van der Waals surface area contributed by atoms with Gasteiger partial charge in [-0.1, -0.05) is 112 Å². The van der Waals surface area contributed by atoms with E-state index in [1.54, 1.807) is 0 Å². The normalized spacial score (nSPS) is 12.7. The van der Waals surface area contributed by atoms with Crippen LogP contribution in [-0.4, -0.2) is 9.97 Å². The molecule has 0 bridgehead atoms. The van der Waals surface area contributed by atoms with Gasteiger partial charge in [0.15, 0.2) is 0 Å². The molecule has 0 unspecified atom stereocenters. The van der Waals surface area contributed by atoms with Gasteiger partial charge in [-0.05, 0) is 63.5 Å². The number of hydrogen-bond acceptors (Lipinski definition) is 2. The third-order valence-corrected chi connectivity index (χ3v) is 8.49. The zero-order valence-corrected chi connectivity index (χ0v) is 29.2. The molecule has 1 aliphatic rings. The van der Waals surface area contributed by atoms with E-state index in [1.165, 1.54) is 44.5 Å². The fraction of sp³-hybridized carbons (Fsp3) is 0.190. The predicted molar refractivity (Wildman–Crippen MR) is 183 cm³/mol. The Morgan fingerprint density at radius 1 is 0.644 bits per heavy atom. The summed E-state index contributed by atoms with van der Waals surface area (Å²) >= 11 is 0. The third kappa shape index (κ3) is 6.61. The van der Waals surface area contributed by atoms with Crippen molar-refractivity contribution in [3.8, 4) is 44.8 Å². The van der Waals surface area contributed by atoms with Crippen molar-refractivity contribution in [1.29, 1.82) is 0 Å². The molecule has 0 spiro atoms. The second-order valence-electron chi connectivity index (χ2n) is 13.1. The van der Waals surface area contributed by atoms with Crippen LogP contribution in [0.2, 0.25) is 0 Å². The quantitative estimate of drug-likeness (QED) is 0.168. The first-order valence-electron chi connectivity index (χ1n) is 15.2. The molecule has 0 fully saturated rings. The topological polar surface area (TPSA) is 25.8 Å². The number of fused-ring (bicyclic) bond motifs is 3. The SMILES string of the molecule is CC(C)(C)c1ccnc(-c2[c-]ccc3c2C(C)(C)c2ccccc2-3)c1.Cc1ccnc(-c2[c-]ccc(-c3ccccc3)c2)c1.[Ir]. The van der Waals surface area contributed by atoms with Gasteiger partial charge in [0.05, 0.1) is 0 Å². The molecule has 227 valence electrons. The van der Waals surface area contributed by atoms with Gasteiger partial charge in [0.25, 0.3) is 0 Å². The zero-order valence-electron chi connectivity index (χ0n) is 26.8. The van der Waals surface area contributed by atoms with Crippen LogP contribution in [0.5, 0.6) is 0 Å². The molecule has 0 saturated heterocycles. The summed E-state index contributed by atoms with van der Waals surface area (Å²) in [5, 5.41) is 0. The van der Waals surface area contributed by atoms with Crippen LogP contribution in [0.3, 0.4) is 0 Å². The zero-order chi connectivity index (χ0) is 30.9. The molecule has 1 radical (unpaired) electrons. The smallest absolute Gasteiger partial charge is 0.0163 e. The second-order valence-corrected chi connectivity index (χ2v) is 13.1. The van der Waals surface area contributed by atoms with Gasteiger partial charge in [0, 0.05) is 32.5 Å². The molecule has 4 aromatic carbocycles. The first kappa shape index (κ1) is 32.2. The number of hydrogen-bond donors (Lipinski definition) is 0. The van der Waals surface area contributed by atoms with E-state index >= 15 is 0 Å². The fourth-order valence-electron chi connectivity index (χ4n) is 6.11. The average molecular weight is 763 g/mol. The summed E-state index contributed by atoms with van der Waals surface area (Å²) in [6, 6.07) is 44.7. The molecule has 0 N–H and O–H groups in total. The van der Waals surface area contributed by atoms with Gasteiger partial charge in [0.2, 0.25) is 0 Å². The Bertz CT molecular complexity index is 1930. The molecule has 0 saturated carbocycles. The molecular weight excluding hydrogens is 725 g/mol. The van der Waals surface area contributed by atoms with Gasteiger partial charge in [0.1, 0.15) is 0 Å². The van der Waals surface area contributed by atoms with E-state index in [9.17, 15) is 0 Å². The molecule has 3 heteroatoms.